The highest BCUT2D eigenvalue weighted by Gasteiger charge is 2.37. The number of ether oxygens (including phenoxy) is 1. The molecule has 0 amide bonds. The molecule has 5 aromatic rings. The molecule has 0 bridgehead atoms. The van der Waals surface area contributed by atoms with Gasteiger partial charge in [-0.15, -0.1) is 0 Å². The van der Waals surface area contributed by atoms with Crippen LogP contribution in [0.15, 0.2) is 76.3 Å². The summed E-state index contributed by atoms with van der Waals surface area (Å²) in [6.07, 6.45) is -0.874. The first kappa shape index (κ1) is 22.1. The normalized spacial score (nSPS) is 14.4. The molecule has 1 aliphatic rings. The Morgan fingerprint density at radius 3 is 2.28 bits per heavy atom. The summed E-state index contributed by atoms with van der Waals surface area (Å²) in [5, 5.41) is 0.387. The Morgan fingerprint density at radius 1 is 0.861 bits per heavy atom. The van der Waals surface area contributed by atoms with Gasteiger partial charge in [0, 0.05) is 19.7 Å². The van der Waals surface area contributed by atoms with Crippen LogP contribution in [0.2, 0.25) is 0 Å². The summed E-state index contributed by atoms with van der Waals surface area (Å²) < 4.78 is 26.2. The third-order valence-corrected chi connectivity index (χ3v) is 6.97. The maximum atomic E-state index is 15.2. The van der Waals surface area contributed by atoms with E-state index in [2.05, 4.69) is 0 Å². The van der Waals surface area contributed by atoms with E-state index >= 15 is 4.39 Å². The molecule has 0 fully saturated rings. The molecule has 1 aliphatic heterocycles. The van der Waals surface area contributed by atoms with Crippen molar-refractivity contribution >= 4 is 10.9 Å². The van der Waals surface area contributed by atoms with Crippen molar-refractivity contribution in [2.45, 2.75) is 20.0 Å². The molecule has 3 heterocycles. The SMILES string of the molecule is Cc1ccc(-c2c3c(=O)n(C)c(=O)n(C)c3c3n2-c2cc(C)ccc2OC3c2ccccc2F)cc1. The van der Waals surface area contributed by atoms with Gasteiger partial charge in [0.05, 0.1) is 28.0 Å². The minimum atomic E-state index is -0.874. The van der Waals surface area contributed by atoms with Gasteiger partial charge in [-0.25, -0.2) is 9.18 Å². The van der Waals surface area contributed by atoms with Gasteiger partial charge < -0.3 is 9.30 Å². The smallest absolute Gasteiger partial charge is 0.331 e. The molecule has 7 heteroatoms. The van der Waals surface area contributed by atoms with Crippen LogP contribution in [0, 0.1) is 19.7 Å². The van der Waals surface area contributed by atoms with E-state index in [0.29, 0.717) is 33.6 Å². The van der Waals surface area contributed by atoms with Crippen LogP contribution in [0.4, 0.5) is 4.39 Å². The summed E-state index contributed by atoms with van der Waals surface area (Å²) in [5.41, 5.74) is 4.71. The molecule has 6 rings (SSSR count). The highest BCUT2D eigenvalue weighted by atomic mass is 19.1. The van der Waals surface area contributed by atoms with E-state index in [-0.39, 0.29) is 0 Å². The van der Waals surface area contributed by atoms with Crippen LogP contribution in [0.3, 0.4) is 0 Å². The maximum absolute atomic E-state index is 15.2. The second-order valence-corrected chi connectivity index (χ2v) is 9.36. The zero-order chi connectivity index (χ0) is 25.3. The van der Waals surface area contributed by atoms with Gasteiger partial charge in [-0.2, -0.15) is 0 Å². The molecule has 0 saturated heterocycles. The van der Waals surface area contributed by atoms with Crippen molar-refractivity contribution in [2.75, 3.05) is 0 Å². The molecule has 180 valence electrons. The standard InChI is InChI=1S/C29H24FN3O3/c1-16-9-12-18(13-10-16)24-23-25(31(3)29(35)32(4)28(23)34)26-27(19-7-5-6-8-20(19)30)36-22-14-11-17(2)15-21(22)33(24)26/h5-15,27H,1-4H3. The van der Waals surface area contributed by atoms with E-state index in [1.54, 1.807) is 25.2 Å². The van der Waals surface area contributed by atoms with Crippen molar-refractivity contribution in [1.82, 2.24) is 13.7 Å². The van der Waals surface area contributed by atoms with Crippen molar-refractivity contribution in [2.24, 2.45) is 14.1 Å². The molecule has 3 aromatic carbocycles. The number of halogens is 1. The lowest BCUT2D eigenvalue weighted by Crippen LogP contribution is -2.37. The van der Waals surface area contributed by atoms with E-state index < -0.39 is 23.2 Å². The van der Waals surface area contributed by atoms with Gasteiger partial charge in [-0.1, -0.05) is 54.1 Å². The van der Waals surface area contributed by atoms with E-state index in [4.69, 9.17) is 4.74 Å². The second kappa shape index (κ2) is 7.81. The lowest BCUT2D eigenvalue weighted by Gasteiger charge is -2.30. The van der Waals surface area contributed by atoms with Crippen molar-refractivity contribution in [3.63, 3.8) is 0 Å². The van der Waals surface area contributed by atoms with Crippen LogP contribution in [0.1, 0.15) is 28.5 Å². The van der Waals surface area contributed by atoms with Crippen molar-refractivity contribution < 1.29 is 9.13 Å². The van der Waals surface area contributed by atoms with Gasteiger partial charge in [0.25, 0.3) is 5.56 Å². The number of hydrogen-bond donors (Lipinski definition) is 0. The Bertz CT molecular complexity index is 1810. The Labute approximate surface area is 206 Å². The second-order valence-electron chi connectivity index (χ2n) is 9.36. The Hall–Kier alpha value is -4.39. The fourth-order valence-corrected chi connectivity index (χ4v) is 5.16. The van der Waals surface area contributed by atoms with E-state index in [1.807, 2.05) is 60.9 Å². The first-order valence-electron chi connectivity index (χ1n) is 11.7. The highest BCUT2D eigenvalue weighted by molar-refractivity contribution is 5.98. The number of aryl methyl sites for hydroxylation is 3. The molecule has 6 nitrogen and oxygen atoms in total. The lowest BCUT2D eigenvalue weighted by molar-refractivity contribution is 0.224. The Kier molecular flexibility index (Phi) is 4.80. The maximum Gasteiger partial charge on any atom is 0.331 e. The number of aromatic nitrogens is 3. The Balaban J connectivity index is 1.88. The Morgan fingerprint density at radius 2 is 1.56 bits per heavy atom. The highest BCUT2D eigenvalue weighted by Crippen LogP contribution is 2.47. The number of nitrogens with zero attached hydrogens (tertiary/aromatic N) is 3. The lowest BCUT2D eigenvalue weighted by atomic mass is 10.0. The fraction of sp³-hybridized carbons (Fsp3) is 0.172. The summed E-state index contributed by atoms with van der Waals surface area (Å²) >= 11 is 0. The summed E-state index contributed by atoms with van der Waals surface area (Å²) in [4.78, 5) is 26.8. The van der Waals surface area contributed by atoms with Gasteiger partial charge in [-0.05, 0) is 43.2 Å². The molecule has 0 radical (unpaired) electrons. The monoisotopic (exact) mass is 481 g/mol. The molecule has 36 heavy (non-hydrogen) atoms. The van der Waals surface area contributed by atoms with E-state index in [9.17, 15) is 9.59 Å². The largest absolute Gasteiger partial charge is 0.477 e. The molecule has 0 aliphatic carbocycles. The average Bonchev–Trinajstić information content (AvgIpc) is 3.23. The van der Waals surface area contributed by atoms with Crippen LogP contribution in [-0.2, 0) is 14.1 Å². The first-order chi connectivity index (χ1) is 17.3. The summed E-state index contributed by atoms with van der Waals surface area (Å²) in [7, 11) is 3.11. The van der Waals surface area contributed by atoms with Gasteiger partial charge >= 0.3 is 5.69 Å². The van der Waals surface area contributed by atoms with Crippen molar-refractivity contribution in [1.29, 1.82) is 0 Å². The predicted molar refractivity (Wildman–Crippen MR) is 138 cm³/mol. The molecule has 0 spiro atoms. The number of fused-ring (bicyclic) bond motifs is 5. The molecular formula is C29H24FN3O3. The van der Waals surface area contributed by atoms with Gasteiger partial charge in [0.2, 0.25) is 0 Å². The van der Waals surface area contributed by atoms with Crippen LogP contribution in [0.25, 0.3) is 27.8 Å². The van der Waals surface area contributed by atoms with E-state index in [0.717, 1.165) is 26.9 Å². The van der Waals surface area contributed by atoms with Gasteiger partial charge in [-0.3, -0.25) is 13.9 Å². The first-order valence-corrected chi connectivity index (χ1v) is 11.7. The third-order valence-electron chi connectivity index (χ3n) is 6.97. The molecule has 1 atom stereocenters. The zero-order valence-corrected chi connectivity index (χ0v) is 20.4. The molecule has 0 N–H and O–H groups in total. The molecule has 2 aromatic heterocycles. The summed E-state index contributed by atoms with van der Waals surface area (Å²) in [6, 6.07) is 20.1. The number of benzene rings is 3. The third kappa shape index (κ3) is 3.02. The van der Waals surface area contributed by atoms with Crippen LogP contribution < -0.4 is 16.0 Å². The number of hydrogen-bond acceptors (Lipinski definition) is 3. The average molecular weight is 482 g/mol. The quantitative estimate of drug-likeness (QED) is 0.359. The van der Waals surface area contributed by atoms with Crippen LogP contribution >= 0.6 is 0 Å². The van der Waals surface area contributed by atoms with Gasteiger partial charge in [0.1, 0.15) is 11.6 Å². The van der Waals surface area contributed by atoms with Gasteiger partial charge in [0.15, 0.2) is 6.10 Å². The topological polar surface area (TPSA) is 58.2 Å². The fourth-order valence-electron chi connectivity index (χ4n) is 5.16. The molecule has 1 unspecified atom stereocenters. The summed E-state index contributed by atoms with van der Waals surface area (Å²) in [6.45, 7) is 3.98. The van der Waals surface area contributed by atoms with Crippen LogP contribution in [-0.4, -0.2) is 13.7 Å². The summed E-state index contributed by atoms with van der Waals surface area (Å²) in [5.74, 6) is 0.140. The van der Waals surface area contributed by atoms with Crippen molar-refractivity contribution in [3.05, 3.63) is 116 Å². The van der Waals surface area contributed by atoms with Crippen LogP contribution in [0.5, 0.6) is 5.75 Å². The minimum absolute atomic E-state index is 0.327. The van der Waals surface area contributed by atoms with E-state index in [1.165, 1.54) is 17.7 Å². The zero-order valence-electron chi connectivity index (χ0n) is 20.4. The number of rotatable bonds is 2. The molecule has 0 saturated carbocycles. The predicted octanol–water partition coefficient (Wildman–Crippen LogP) is 4.93. The van der Waals surface area contributed by atoms with Crippen molar-refractivity contribution in [3.8, 4) is 22.7 Å². The molecular weight excluding hydrogens is 457 g/mol. The minimum Gasteiger partial charge on any atom is -0.477 e.